The molecule has 0 radical (unpaired) electrons. The monoisotopic (exact) mass is 240 g/mol. The molecule has 0 amide bonds. The van der Waals surface area contributed by atoms with Crippen LogP contribution in [0.4, 0.5) is 0 Å². The summed E-state index contributed by atoms with van der Waals surface area (Å²) < 4.78 is 0. The van der Waals surface area contributed by atoms with Gasteiger partial charge < -0.3 is 10.2 Å². The molecule has 0 aromatic rings. The summed E-state index contributed by atoms with van der Waals surface area (Å²) >= 11 is 5.44. The quantitative estimate of drug-likeness (QED) is 0.710. The molecule has 1 aliphatic carbocycles. The van der Waals surface area contributed by atoms with E-state index in [1.165, 1.54) is 25.7 Å². The summed E-state index contributed by atoms with van der Waals surface area (Å²) in [5.74, 6) is 0.854. The maximum absolute atomic E-state index is 5.44. The molecule has 1 heterocycles. The minimum absolute atomic E-state index is 0.456. The molecule has 1 saturated heterocycles. The van der Waals surface area contributed by atoms with Crippen LogP contribution in [0.25, 0.3) is 0 Å². The van der Waals surface area contributed by atoms with Crippen LogP contribution in [0.1, 0.15) is 46.5 Å². The van der Waals surface area contributed by atoms with E-state index in [-0.39, 0.29) is 0 Å². The van der Waals surface area contributed by atoms with Crippen molar-refractivity contribution in [2.75, 3.05) is 13.1 Å². The first-order valence-electron chi connectivity index (χ1n) is 6.52. The first-order chi connectivity index (χ1) is 7.47. The van der Waals surface area contributed by atoms with E-state index in [2.05, 4.69) is 31.0 Å². The summed E-state index contributed by atoms with van der Waals surface area (Å²) in [6, 6.07) is 0.688. The summed E-state index contributed by atoms with van der Waals surface area (Å²) in [6.07, 6.45) is 5.18. The van der Waals surface area contributed by atoms with Crippen LogP contribution in [0, 0.1) is 11.3 Å². The van der Waals surface area contributed by atoms with Crippen molar-refractivity contribution in [1.29, 1.82) is 0 Å². The van der Waals surface area contributed by atoms with Gasteiger partial charge in [0.05, 0.1) is 0 Å². The Kier molecular flexibility index (Phi) is 3.43. The van der Waals surface area contributed by atoms with Gasteiger partial charge in [-0.2, -0.15) is 0 Å². The number of rotatable bonds is 1. The molecule has 3 heteroatoms. The first-order valence-corrected chi connectivity index (χ1v) is 6.93. The largest absolute Gasteiger partial charge is 0.360 e. The highest BCUT2D eigenvalue weighted by Crippen LogP contribution is 2.34. The molecule has 16 heavy (non-hydrogen) atoms. The van der Waals surface area contributed by atoms with E-state index >= 15 is 0 Å². The number of hydrogen-bond acceptors (Lipinski definition) is 1. The zero-order valence-corrected chi connectivity index (χ0v) is 11.6. The molecule has 0 spiro atoms. The van der Waals surface area contributed by atoms with Gasteiger partial charge in [-0.1, -0.05) is 20.8 Å². The molecular formula is C13H24N2S. The second-order valence-corrected chi connectivity index (χ2v) is 6.74. The van der Waals surface area contributed by atoms with Crippen LogP contribution in [0.5, 0.6) is 0 Å². The predicted octanol–water partition coefficient (Wildman–Crippen LogP) is 2.78. The topological polar surface area (TPSA) is 15.3 Å². The maximum Gasteiger partial charge on any atom is 0.169 e. The molecule has 2 aliphatic rings. The Morgan fingerprint density at radius 3 is 2.12 bits per heavy atom. The summed E-state index contributed by atoms with van der Waals surface area (Å²) in [6.45, 7) is 9.34. The lowest BCUT2D eigenvalue weighted by atomic mass is 9.75. The van der Waals surface area contributed by atoms with E-state index < -0.39 is 0 Å². The third-order valence-corrected chi connectivity index (χ3v) is 4.29. The molecule has 0 aromatic carbocycles. The summed E-state index contributed by atoms with van der Waals surface area (Å²) in [7, 11) is 0. The number of hydrogen-bond donors (Lipinski definition) is 1. The molecule has 2 fully saturated rings. The van der Waals surface area contributed by atoms with Crippen molar-refractivity contribution in [3.8, 4) is 0 Å². The molecule has 0 bridgehead atoms. The molecular weight excluding hydrogens is 216 g/mol. The van der Waals surface area contributed by atoms with Crippen molar-refractivity contribution < 1.29 is 0 Å². The van der Waals surface area contributed by atoms with Crippen molar-refractivity contribution >= 4 is 17.3 Å². The zero-order chi connectivity index (χ0) is 11.8. The molecule has 0 aromatic heterocycles. The number of thiocarbonyl (C=S) groups is 1. The Balaban J connectivity index is 1.77. The van der Waals surface area contributed by atoms with Crippen LogP contribution >= 0.6 is 12.2 Å². The van der Waals surface area contributed by atoms with Crippen LogP contribution in [0.3, 0.4) is 0 Å². The van der Waals surface area contributed by atoms with Gasteiger partial charge in [0.25, 0.3) is 0 Å². The third-order valence-electron chi connectivity index (χ3n) is 3.91. The van der Waals surface area contributed by atoms with Gasteiger partial charge in [0.2, 0.25) is 0 Å². The lowest BCUT2D eigenvalue weighted by Crippen LogP contribution is -2.46. The Labute approximate surface area is 105 Å². The van der Waals surface area contributed by atoms with Gasteiger partial charge in [-0.15, -0.1) is 0 Å². The Hall–Kier alpha value is -0.310. The molecule has 92 valence electrons. The molecule has 0 atom stereocenters. The van der Waals surface area contributed by atoms with E-state index in [4.69, 9.17) is 12.2 Å². The number of nitrogens with one attached hydrogen (secondary N) is 1. The van der Waals surface area contributed by atoms with Crippen LogP contribution in [-0.2, 0) is 0 Å². The molecule has 1 N–H and O–H groups in total. The Morgan fingerprint density at radius 1 is 1.12 bits per heavy atom. The van der Waals surface area contributed by atoms with Gasteiger partial charge in [0, 0.05) is 19.1 Å². The smallest absolute Gasteiger partial charge is 0.169 e. The standard InChI is InChI=1S/C13H24N2S/c1-13(2,3)10-6-8-15(9-7-10)12(16)14-11-4-5-11/h10-11H,4-9H2,1-3H3,(H,14,16). The lowest BCUT2D eigenvalue weighted by Gasteiger charge is -2.39. The van der Waals surface area contributed by atoms with Gasteiger partial charge in [-0.3, -0.25) is 0 Å². The molecule has 1 saturated carbocycles. The fourth-order valence-electron chi connectivity index (χ4n) is 2.44. The molecule has 0 unspecified atom stereocenters. The van der Waals surface area contributed by atoms with E-state index in [1.54, 1.807) is 0 Å². The number of piperidine rings is 1. The Morgan fingerprint density at radius 2 is 1.69 bits per heavy atom. The van der Waals surface area contributed by atoms with Crippen LogP contribution in [0.15, 0.2) is 0 Å². The lowest BCUT2D eigenvalue weighted by molar-refractivity contribution is 0.148. The van der Waals surface area contributed by atoms with E-state index in [1.807, 2.05) is 0 Å². The van der Waals surface area contributed by atoms with Crippen LogP contribution in [0.2, 0.25) is 0 Å². The highest BCUT2D eigenvalue weighted by Gasteiger charge is 2.30. The average molecular weight is 240 g/mol. The number of nitrogens with zero attached hydrogens (tertiary/aromatic N) is 1. The van der Waals surface area contributed by atoms with E-state index in [0.717, 1.165) is 24.1 Å². The summed E-state index contributed by atoms with van der Waals surface area (Å²) in [5, 5.41) is 4.43. The van der Waals surface area contributed by atoms with Gasteiger partial charge in [-0.05, 0) is 49.2 Å². The molecule has 2 nitrogen and oxygen atoms in total. The Bertz CT molecular complexity index is 258. The van der Waals surface area contributed by atoms with Crippen LogP contribution in [-0.4, -0.2) is 29.1 Å². The van der Waals surface area contributed by atoms with Gasteiger partial charge in [0.1, 0.15) is 0 Å². The fourth-order valence-corrected chi connectivity index (χ4v) is 2.79. The predicted molar refractivity (Wildman–Crippen MR) is 72.5 cm³/mol. The zero-order valence-electron chi connectivity index (χ0n) is 10.8. The summed E-state index contributed by atoms with van der Waals surface area (Å²) in [4.78, 5) is 2.36. The number of likely N-dealkylation sites (tertiary alicyclic amines) is 1. The van der Waals surface area contributed by atoms with E-state index in [0.29, 0.717) is 11.5 Å². The first kappa shape index (κ1) is 12.2. The van der Waals surface area contributed by atoms with Gasteiger partial charge >= 0.3 is 0 Å². The highest BCUT2D eigenvalue weighted by molar-refractivity contribution is 7.80. The fraction of sp³-hybridized carbons (Fsp3) is 0.923. The molecule has 2 rings (SSSR count). The van der Waals surface area contributed by atoms with Gasteiger partial charge in [-0.25, -0.2) is 0 Å². The average Bonchev–Trinajstić information content (AvgIpc) is 3.00. The second-order valence-electron chi connectivity index (χ2n) is 6.35. The molecule has 1 aliphatic heterocycles. The van der Waals surface area contributed by atoms with Crippen molar-refractivity contribution in [3.05, 3.63) is 0 Å². The van der Waals surface area contributed by atoms with Crippen molar-refractivity contribution in [2.24, 2.45) is 11.3 Å². The summed E-state index contributed by atoms with van der Waals surface area (Å²) in [5.41, 5.74) is 0.456. The minimum atomic E-state index is 0.456. The van der Waals surface area contributed by atoms with Crippen molar-refractivity contribution in [1.82, 2.24) is 10.2 Å². The van der Waals surface area contributed by atoms with Crippen molar-refractivity contribution in [2.45, 2.75) is 52.5 Å². The normalized spacial score (nSPS) is 23.3. The van der Waals surface area contributed by atoms with Crippen molar-refractivity contribution in [3.63, 3.8) is 0 Å². The highest BCUT2D eigenvalue weighted by atomic mass is 32.1. The maximum atomic E-state index is 5.44. The minimum Gasteiger partial charge on any atom is -0.360 e. The second kappa shape index (κ2) is 4.52. The van der Waals surface area contributed by atoms with Gasteiger partial charge in [0.15, 0.2) is 5.11 Å². The SMILES string of the molecule is CC(C)(C)C1CCN(C(=S)NC2CC2)CC1. The van der Waals surface area contributed by atoms with E-state index in [9.17, 15) is 0 Å². The third kappa shape index (κ3) is 3.09. The van der Waals surface area contributed by atoms with Crippen LogP contribution < -0.4 is 5.32 Å².